The van der Waals surface area contributed by atoms with Gasteiger partial charge in [-0.3, -0.25) is 18.7 Å². The molecule has 2 aromatic rings. The number of carbonyl (C=O) groups is 1. The van der Waals surface area contributed by atoms with Crippen LogP contribution in [0.4, 0.5) is 5.82 Å². The molecule has 1 aliphatic rings. The Kier molecular flexibility index (Phi) is 5.81. The van der Waals surface area contributed by atoms with Gasteiger partial charge in [-0.25, -0.2) is 4.79 Å². The van der Waals surface area contributed by atoms with Crippen molar-refractivity contribution >= 4 is 11.6 Å². The van der Waals surface area contributed by atoms with E-state index >= 15 is 0 Å². The molecule has 3 rings (SSSR count). The van der Waals surface area contributed by atoms with Gasteiger partial charge in [0.05, 0.1) is 6.54 Å². The standard InChI is InChI=1S/C20H26N4O4/c1-13-9-23(10-14(2)28-13)12-16(25)17-18(21)24(20(27)22(3)19(17)26)11-15-7-5-4-6-8-15/h4-8,13-14H,9-12,21H2,1-3H3/p+1/t13-,14-/m0/s1. The van der Waals surface area contributed by atoms with Gasteiger partial charge in [0.15, 0.2) is 0 Å². The first-order chi connectivity index (χ1) is 13.3. The highest BCUT2D eigenvalue weighted by molar-refractivity contribution is 6.00. The van der Waals surface area contributed by atoms with Crippen molar-refractivity contribution in [2.45, 2.75) is 32.6 Å². The molecule has 150 valence electrons. The smallest absolute Gasteiger partial charge is 0.332 e. The number of morpholine rings is 1. The number of ether oxygens (including phenoxy) is 1. The molecule has 0 unspecified atom stereocenters. The second kappa shape index (κ2) is 8.12. The Hall–Kier alpha value is -2.71. The van der Waals surface area contributed by atoms with Crippen LogP contribution in [0.3, 0.4) is 0 Å². The van der Waals surface area contributed by atoms with Gasteiger partial charge in [-0.1, -0.05) is 30.3 Å². The lowest BCUT2D eigenvalue weighted by molar-refractivity contribution is -0.906. The normalized spacial score (nSPS) is 22.2. The van der Waals surface area contributed by atoms with Gasteiger partial charge >= 0.3 is 5.69 Å². The zero-order valence-electron chi connectivity index (χ0n) is 16.5. The van der Waals surface area contributed by atoms with Crippen molar-refractivity contribution in [2.24, 2.45) is 7.05 Å². The van der Waals surface area contributed by atoms with Gasteiger partial charge < -0.3 is 15.4 Å². The number of hydrogen-bond acceptors (Lipinski definition) is 5. The number of aromatic nitrogens is 2. The summed E-state index contributed by atoms with van der Waals surface area (Å²) in [5.74, 6) is -0.424. The lowest BCUT2D eigenvalue weighted by Gasteiger charge is -2.32. The van der Waals surface area contributed by atoms with Gasteiger partial charge in [0, 0.05) is 7.05 Å². The molecule has 2 heterocycles. The second-order valence-electron chi connectivity index (χ2n) is 7.49. The van der Waals surface area contributed by atoms with Crippen LogP contribution >= 0.6 is 0 Å². The topological polar surface area (TPSA) is 101 Å². The molecule has 2 atom stereocenters. The summed E-state index contributed by atoms with van der Waals surface area (Å²) in [6.45, 7) is 5.63. The van der Waals surface area contributed by atoms with Crippen molar-refractivity contribution in [3.8, 4) is 0 Å². The summed E-state index contributed by atoms with van der Waals surface area (Å²) in [5, 5.41) is 0. The molecular formula is C20H27N4O4+. The summed E-state index contributed by atoms with van der Waals surface area (Å²) in [7, 11) is 1.37. The number of nitrogens with one attached hydrogen (secondary N) is 1. The fraction of sp³-hybridized carbons (Fsp3) is 0.450. The monoisotopic (exact) mass is 387 g/mol. The number of nitrogens with zero attached hydrogens (tertiary/aromatic N) is 2. The minimum Gasteiger partial charge on any atom is -0.384 e. The number of nitrogen functional groups attached to an aromatic ring is 1. The molecule has 1 aromatic heterocycles. The number of nitrogens with two attached hydrogens (primary N) is 1. The summed E-state index contributed by atoms with van der Waals surface area (Å²) in [4.78, 5) is 39.2. The molecule has 1 saturated heterocycles. The highest BCUT2D eigenvalue weighted by Crippen LogP contribution is 2.09. The van der Waals surface area contributed by atoms with E-state index in [1.807, 2.05) is 44.2 Å². The molecule has 1 aromatic carbocycles. The molecule has 1 fully saturated rings. The van der Waals surface area contributed by atoms with E-state index in [-0.39, 0.29) is 42.5 Å². The molecule has 0 amide bonds. The highest BCUT2D eigenvalue weighted by Gasteiger charge is 2.30. The van der Waals surface area contributed by atoms with E-state index in [9.17, 15) is 14.4 Å². The van der Waals surface area contributed by atoms with Crippen LogP contribution in [0.15, 0.2) is 39.9 Å². The van der Waals surface area contributed by atoms with Crippen molar-refractivity contribution < 1.29 is 14.4 Å². The third-order valence-corrected chi connectivity index (χ3v) is 5.07. The minimum absolute atomic E-state index is 0.0405. The number of hydrogen-bond donors (Lipinski definition) is 2. The van der Waals surface area contributed by atoms with E-state index in [4.69, 9.17) is 10.5 Å². The maximum absolute atomic E-state index is 13.0. The van der Waals surface area contributed by atoms with Crippen LogP contribution in [-0.2, 0) is 18.3 Å². The van der Waals surface area contributed by atoms with Gasteiger partial charge in [-0.2, -0.15) is 0 Å². The molecule has 0 bridgehead atoms. The summed E-state index contributed by atoms with van der Waals surface area (Å²) in [6.07, 6.45) is 0.0810. The SMILES string of the molecule is C[C@H]1C[NH+](CC(=O)c2c(N)n(Cc3ccccc3)c(=O)n(C)c2=O)C[C@H](C)O1. The van der Waals surface area contributed by atoms with Crippen molar-refractivity contribution in [2.75, 3.05) is 25.4 Å². The number of benzene rings is 1. The fourth-order valence-corrected chi connectivity index (χ4v) is 3.81. The van der Waals surface area contributed by atoms with Crippen molar-refractivity contribution in [3.63, 3.8) is 0 Å². The fourth-order valence-electron chi connectivity index (χ4n) is 3.81. The summed E-state index contributed by atoms with van der Waals surface area (Å²) in [6, 6.07) is 9.31. The Morgan fingerprint density at radius 1 is 1.18 bits per heavy atom. The molecule has 0 saturated carbocycles. The molecule has 0 aliphatic carbocycles. The van der Waals surface area contributed by atoms with Crippen LogP contribution in [0.25, 0.3) is 0 Å². The maximum atomic E-state index is 13.0. The Morgan fingerprint density at radius 3 is 2.39 bits per heavy atom. The van der Waals surface area contributed by atoms with E-state index in [1.165, 1.54) is 11.6 Å². The van der Waals surface area contributed by atoms with Crippen molar-refractivity contribution in [3.05, 3.63) is 62.3 Å². The van der Waals surface area contributed by atoms with Crippen LogP contribution < -0.4 is 21.9 Å². The molecule has 0 radical (unpaired) electrons. The Balaban J connectivity index is 1.95. The van der Waals surface area contributed by atoms with Gasteiger partial charge in [0.25, 0.3) is 5.56 Å². The molecule has 1 aliphatic heterocycles. The number of ketones is 1. The van der Waals surface area contributed by atoms with Gasteiger partial charge in [0.2, 0.25) is 5.78 Å². The lowest BCUT2D eigenvalue weighted by Crippen LogP contribution is -3.16. The van der Waals surface area contributed by atoms with Gasteiger partial charge in [-0.15, -0.1) is 0 Å². The van der Waals surface area contributed by atoms with Gasteiger partial charge in [0.1, 0.15) is 43.2 Å². The van der Waals surface area contributed by atoms with Crippen LogP contribution in [0.5, 0.6) is 0 Å². The Morgan fingerprint density at radius 2 is 1.79 bits per heavy atom. The van der Waals surface area contributed by atoms with Gasteiger partial charge in [-0.05, 0) is 19.4 Å². The number of quaternary nitrogens is 1. The molecule has 0 spiro atoms. The van der Waals surface area contributed by atoms with Crippen LogP contribution in [0, 0.1) is 0 Å². The number of rotatable bonds is 5. The molecule has 28 heavy (non-hydrogen) atoms. The van der Waals surface area contributed by atoms with Crippen LogP contribution in [-0.4, -0.2) is 46.8 Å². The quantitative estimate of drug-likeness (QED) is 0.645. The summed E-state index contributed by atoms with van der Waals surface area (Å²) in [5.41, 5.74) is 5.71. The average Bonchev–Trinajstić information content (AvgIpc) is 2.63. The largest absolute Gasteiger partial charge is 0.384 e. The predicted octanol–water partition coefficient (Wildman–Crippen LogP) is -0.948. The summed E-state index contributed by atoms with van der Waals surface area (Å²) < 4.78 is 7.94. The summed E-state index contributed by atoms with van der Waals surface area (Å²) >= 11 is 0. The predicted molar refractivity (Wildman–Crippen MR) is 106 cm³/mol. The third kappa shape index (κ3) is 4.07. The van der Waals surface area contributed by atoms with E-state index < -0.39 is 11.2 Å². The third-order valence-electron chi connectivity index (χ3n) is 5.07. The van der Waals surface area contributed by atoms with Crippen LogP contribution in [0.2, 0.25) is 0 Å². The van der Waals surface area contributed by atoms with E-state index in [2.05, 4.69) is 0 Å². The number of anilines is 1. The highest BCUT2D eigenvalue weighted by atomic mass is 16.5. The van der Waals surface area contributed by atoms with Crippen molar-refractivity contribution in [1.82, 2.24) is 9.13 Å². The first-order valence-corrected chi connectivity index (χ1v) is 9.43. The molecule has 3 N–H and O–H groups in total. The Labute approximate surface area is 163 Å². The van der Waals surface area contributed by atoms with E-state index in [1.54, 1.807) is 0 Å². The minimum atomic E-state index is -0.648. The maximum Gasteiger partial charge on any atom is 0.332 e. The van der Waals surface area contributed by atoms with E-state index in [0.717, 1.165) is 15.0 Å². The zero-order valence-corrected chi connectivity index (χ0v) is 16.5. The lowest BCUT2D eigenvalue weighted by atomic mass is 10.1. The number of carbonyl (C=O) groups excluding carboxylic acids is 1. The first-order valence-electron chi connectivity index (χ1n) is 9.43. The van der Waals surface area contributed by atoms with E-state index in [0.29, 0.717) is 13.1 Å². The average molecular weight is 387 g/mol. The molecule has 8 nitrogen and oxygen atoms in total. The zero-order chi connectivity index (χ0) is 20.4. The number of Topliss-reactive ketones (excluding diaryl/α,β-unsaturated/α-hetero) is 1. The first kappa shape index (κ1) is 20.0. The van der Waals surface area contributed by atoms with Crippen LogP contribution in [0.1, 0.15) is 29.8 Å². The molecule has 8 heteroatoms. The second-order valence-corrected chi connectivity index (χ2v) is 7.49. The Bertz CT molecular complexity index is 970. The molecular weight excluding hydrogens is 360 g/mol. The van der Waals surface area contributed by atoms with Crippen molar-refractivity contribution in [1.29, 1.82) is 0 Å².